The Hall–Kier alpha value is -2.41. The molecule has 1 aliphatic heterocycles. The van der Waals surface area contributed by atoms with Gasteiger partial charge >= 0.3 is 0 Å². The molecule has 0 atom stereocenters. The highest BCUT2D eigenvalue weighted by molar-refractivity contribution is 6.04. The van der Waals surface area contributed by atoms with E-state index in [0.717, 1.165) is 38.0 Å². The Balaban J connectivity index is 1.70. The second kappa shape index (κ2) is 7.86. The number of pyridine rings is 1. The second-order valence-corrected chi connectivity index (χ2v) is 6.66. The van der Waals surface area contributed by atoms with E-state index in [2.05, 4.69) is 22.2 Å². The van der Waals surface area contributed by atoms with Crippen LogP contribution in [0.1, 0.15) is 28.9 Å². The highest BCUT2D eigenvalue weighted by Gasteiger charge is 2.20. The Bertz CT molecular complexity index is 781. The van der Waals surface area contributed by atoms with Crippen molar-refractivity contribution in [3.8, 4) is 0 Å². The molecule has 138 valence electrons. The zero-order valence-electron chi connectivity index (χ0n) is 14.4. The Labute approximate surface area is 150 Å². The van der Waals surface area contributed by atoms with Crippen LogP contribution >= 0.6 is 0 Å². The molecule has 0 saturated carbocycles. The van der Waals surface area contributed by atoms with Gasteiger partial charge in [-0.25, -0.2) is 18.2 Å². The Morgan fingerprint density at radius 2 is 1.85 bits per heavy atom. The first-order valence-corrected chi connectivity index (χ1v) is 8.52. The molecule has 1 saturated heterocycles. The standard InChI is InChI=1S/C19H20F3N3O/c1-25-7-5-12(6-8-25)9-14-3-2-4-17(23-14)24-19(26)18-15(21)10-13(20)11-16(18)22/h2-4,10-12H,5-9H2,1H3,(H,23,24,26). The molecule has 0 spiro atoms. The van der Waals surface area contributed by atoms with Crippen molar-refractivity contribution in [2.24, 2.45) is 5.92 Å². The van der Waals surface area contributed by atoms with Crippen LogP contribution in [-0.2, 0) is 6.42 Å². The van der Waals surface area contributed by atoms with Crippen LogP contribution in [0.2, 0.25) is 0 Å². The fourth-order valence-corrected chi connectivity index (χ4v) is 3.16. The molecular weight excluding hydrogens is 343 g/mol. The van der Waals surface area contributed by atoms with Crippen LogP contribution in [0, 0.1) is 23.4 Å². The third-order valence-corrected chi connectivity index (χ3v) is 4.62. The SMILES string of the molecule is CN1CCC(Cc2cccc(NC(=O)c3c(F)cc(F)cc3F)n2)CC1. The predicted molar refractivity (Wildman–Crippen MR) is 92.4 cm³/mol. The van der Waals surface area contributed by atoms with E-state index in [1.165, 1.54) is 0 Å². The zero-order valence-corrected chi connectivity index (χ0v) is 14.4. The van der Waals surface area contributed by atoms with E-state index in [4.69, 9.17) is 0 Å². The Morgan fingerprint density at radius 3 is 2.50 bits per heavy atom. The molecule has 1 aromatic carbocycles. The van der Waals surface area contributed by atoms with E-state index in [-0.39, 0.29) is 5.82 Å². The van der Waals surface area contributed by atoms with Gasteiger partial charge in [-0.3, -0.25) is 4.79 Å². The van der Waals surface area contributed by atoms with Crippen LogP contribution in [0.15, 0.2) is 30.3 Å². The third-order valence-electron chi connectivity index (χ3n) is 4.62. The first-order valence-electron chi connectivity index (χ1n) is 8.52. The lowest BCUT2D eigenvalue weighted by Crippen LogP contribution is -2.31. The summed E-state index contributed by atoms with van der Waals surface area (Å²) in [6.45, 7) is 2.09. The maximum atomic E-state index is 13.7. The summed E-state index contributed by atoms with van der Waals surface area (Å²) in [5, 5.41) is 2.38. The number of nitrogens with zero attached hydrogens (tertiary/aromatic N) is 2. The van der Waals surface area contributed by atoms with Gasteiger partial charge < -0.3 is 10.2 Å². The van der Waals surface area contributed by atoms with Gasteiger partial charge in [0, 0.05) is 17.8 Å². The lowest BCUT2D eigenvalue weighted by atomic mass is 9.92. The van der Waals surface area contributed by atoms with Crippen LogP contribution in [-0.4, -0.2) is 35.9 Å². The van der Waals surface area contributed by atoms with Gasteiger partial charge in [-0.2, -0.15) is 0 Å². The average molecular weight is 363 g/mol. The van der Waals surface area contributed by atoms with Gasteiger partial charge in [-0.15, -0.1) is 0 Å². The Morgan fingerprint density at radius 1 is 1.19 bits per heavy atom. The number of aromatic nitrogens is 1. The number of anilines is 1. The number of halogens is 3. The highest BCUT2D eigenvalue weighted by Crippen LogP contribution is 2.21. The van der Waals surface area contributed by atoms with Gasteiger partial charge in [0.05, 0.1) is 0 Å². The molecule has 3 rings (SSSR count). The number of piperidine rings is 1. The Kier molecular flexibility index (Phi) is 5.56. The zero-order chi connectivity index (χ0) is 18.7. The maximum Gasteiger partial charge on any atom is 0.262 e. The number of likely N-dealkylation sites (tertiary alicyclic amines) is 1. The minimum Gasteiger partial charge on any atom is -0.306 e. The summed E-state index contributed by atoms with van der Waals surface area (Å²) < 4.78 is 40.4. The molecule has 4 nitrogen and oxygen atoms in total. The number of hydrogen-bond acceptors (Lipinski definition) is 3. The number of benzene rings is 1. The van der Waals surface area contributed by atoms with Gasteiger partial charge in [0.2, 0.25) is 0 Å². The lowest BCUT2D eigenvalue weighted by Gasteiger charge is -2.28. The van der Waals surface area contributed by atoms with Crippen molar-refractivity contribution in [2.75, 3.05) is 25.5 Å². The quantitative estimate of drug-likeness (QED) is 0.902. The van der Waals surface area contributed by atoms with Crippen LogP contribution < -0.4 is 5.32 Å². The van der Waals surface area contributed by atoms with Gasteiger partial charge in [-0.05, 0) is 57.5 Å². The van der Waals surface area contributed by atoms with Crippen molar-refractivity contribution in [1.29, 1.82) is 0 Å². The average Bonchev–Trinajstić information content (AvgIpc) is 2.56. The molecule has 1 aliphatic rings. The molecule has 26 heavy (non-hydrogen) atoms. The van der Waals surface area contributed by atoms with Crippen molar-refractivity contribution in [3.05, 3.63) is 59.0 Å². The fourth-order valence-electron chi connectivity index (χ4n) is 3.16. The van der Waals surface area contributed by atoms with E-state index in [1.54, 1.807) is 12.1 Å². The summed E-state index contributed by atoms with van der Waals surface area (Å²) in [6.07, 6.45) is 2.96. The molecule has 0 unspecified atom stereocenters. The summed E-state index contributed by atoms with van der Waals surface area (Å²) in [6, 6.07) is 6.11. The van der Waals surface area contributed by atoms with E-state index < -0.39 is 28.9 Å². The minimum atomic E-state index is -1.25. The van der Waals surface area contributed by atoms with Crippen molar-refractivity contribution < 1.29 is 18.0 Å². The van der Waals surface area contributed by atoms with Gasteiger partial charge in [-0.1, -0.05) is 6.07 Å². The van der Waals surface area contributed by atoms with Crippen molar-refractivity contribution in [2.45, 2.75) is 19.3 Å². The van der Waals surface area contributed by atoms with Gasteiger partial charge in [0.1, 0.15) is 28.8 Å². The molecule has 0 bridgehead atoms. The molecule has 2 heterocycles. The minimum absolute atomic E-state index is 0.212. The van der Waals surface area contributed by atoms with Crippen molar-refractivity contribution in [1.82, 2.24) is 9.88 Å². The highest BCUT2D eigenvalue weighted by atomic mass is 19.1. The third kappa shape index (κ3) is 4.40. The number of nitrogens with one attached hydrogen (secondary N) is 1. The van der Waals surface area contributed by atoms with E-state index >= 15 is 0 Å². The lowest BCUT2D eigenvalue weighted by molar-refractivity contribution is 0.101. The molecule has 7 heteroatoms. The number of amides is 1. The summed E-state index contributed by atoms with van der Waals surface area (Å²) in [5.74, 6) is -3.83. The molecule has 0 aliphatic carbocycles. The molecule has 1 N–H and O–H groups in total. The van der Waals surface area contributed by atoms with Crippen LogP contribution in [0.5, 0.6) is 0 Å². The van der Waals surface area contributed by atoms with Crippen LogP contribution in [0.4, 0.5) is 19.0 Å². The summed E-state index contributed by atoms with van der Waals surface area (Å²) in [7, 11) is 2.10. The van der Waals surface area contributed by atoms with Crippen molar-refractivity contribution >= 4 is 11.7 Å². The number of rotatable bonds is 4. The van der Waals surface area contributed by atoms with Gasteiger partial charge in [0.15, 0.2) is 0 Å². The molecule has 1 aromatic heterocycles. The number of carbonyl (C=O) groups is 1. The number of carbonyl (C=O) groups excluding carboxylic acids is 1. The van der Waals surface area contributed by atoms with E-state index in [1.807, 2.05) is 6.07 Å². The maximum absolute atomic E-state index is 13.7. The normalized spacial score (nSPS) is 15.8. The van der Waals surface area contributed by atoms with E-state index in [0.29, 0.717) is 18.1 Å². The molecular formula is C19H20F3N3O. The molecule has 1 amide bonds. The van der Waals surface area contributed by atoms with Crippen LogP contribution in [0.3, 0.4) is 0 Å². The molecule has 1 fully saturated rings. The van der Waals surface area contributed by atoms with E-state index in [9.17, 15) is 18.0 Å². The monoisotopic (exact) mass is 363 g/mol. The largest absolute Gasteiger partial charge is 0.306 e. The predicted octanol–water partition coefficient (Wildman–Crippen LogP) is 3.64. The first kappa shape index (κ1) is 18.4. The molecule has 2 aromatic rings. The van der Waals surface area contributed by atoms with Crippen LogP contribution in [0.25, 0.3) is 0 Å². The smallest absolute Gasteiger partial charge is 0.262 e. The number of hydrogen-bond donors (Lipinski definition) is 1. The van der Waals surface area contributed by atoms with Gasteiger partial charge in [0.25, 0.3) is 5.91 Å². The summed E-state index contributed by atoms with van der Waals surface area (Å²) in [4.78, 5) is 18.8. The topological polar surface area (TPSA) is 45.2 Å². The summed E-state index contributed by atoms with van der Waals surface area (Å²) >= 11 is 0. The first-order chi connectivity index (χ1) is 12.4. The van der Waals surface area contributed by atoms with Crippen molar-refractivity contribution in [3.63, 3.8) is 0 Å². The fraction of sp³-hybridized carbons (Fsp3) is 0.368. The molecule has 0 radical (unpaired) electrons. The second-order valence-electron chi connectivity index (χ2n) is 6.66. The summed E-state index contributed by atoms with van der Waals surface area (Å²) in [5.41, 5.74) is -0.00803.